The van der Waals surface area contributed by atoms with Gasteiger partial charge in [-0.25, -0.2) is 8.78 Å². The van der Waals surface area contributed by atoms with Crippen LogP contribution in [0.1, 0.15) is 6.42 Å². The number of carbonyl (C=O) groups is 2. The largest absolute Gasteiger partial charge is 0.481 e. The van der Waals surface area contributed by atoms with E-state index in [-0.39, 0.29) is 0 Å². The molecule has 0 saturated heterocycles. The Bertz CT molecular complexity index is 198. The third kappa shape index (κ3) is 5.97. The molecule has 0 aromatic carbocycles. The van der Waals surface area contributed by atoms with Crippen molar-refractivity contribution in [1.82, 2.24) is 5.32 Å². The van der Waals surface area contributed by atoms with E-state index in [1.54, 1.807) is 0 Å². The second-order valence-corrected chi connectivity index (χ2v) is 2.34. The molecule has 0 fully saturated rings. The molecule has 0 saturated carbocycles. The number of hydrogen-bond acceptors (Lipinski definition) is 3. The van der Waals surface area contributed by atoms with Gasteiger partial charge in [0.05, 0.1) is 19.0 Å². The van der Waals surface area contributed by atoms with Crippen molar-refractivity contribution in [2.24, 2.45) is 5.73 Å². The van der Waals surface area contributed by atoms with Crippen LogP contribution < -0.4 is 11.1 Å². The summed E-state index contributed by atoms with van der Waals surface area (Å²) in [5, 5.41) is 10.0. The first kappa shape index (κ1) is 11.8. The van der Waals surface area contributed by atoms with Gasteiger partial charge in [0.1, 0.15) is 0 Å². The van der Waals surface area contributed by atoms with Crippen molar-refractivity contribution < 1.29 is 23.5 Å². The standard InChI is InChI=1S/C6H10F2N2O3/c7-4(8)2-10-6(13)3(9)1-5(11)12/h3-4H,1-2,9H2,(H,10,13)(H,11,12). The number of alkyl halides is 2. The molecule has 0 spiro atoms. The number of nitrogens with two attached hydrogens (primary N) is 1. The Labute approximate surface area is 72.9 Å². The lowest BCUT2D eigenvalue weighted by Gasteiger charge is -2.09. The van der Waals surface area contributed by atoms with Crippen LogP contribution in [0.3, 0.4) is 0 Å². The summed E-state index contributed by atoms with van der Waals surface area (Å²) in [5.74, 6) is -2.14. The molecule has 5 nitrogen and oxygen atoms in total. The Morgan fingerprint density at radius 1 is 1.46 bits per heavy atom. The van der Waals surface area contributed by atoms with Gasteiger partial charge in [0.2, 0.25) is 5.91 Å². The topological polar surface area (TPSA) is 92.4 Å². The van der Waals surface area contributed by atoms with Crippen molar-refractivity contribution in [3.05, 3.63) is 0 Å². The average Bonchev–Trinajstić information content (AvgIpc) is 1.98. The van der Waals surface area contributed by atoms with Crippen LogP contribution in [0.25, 0.3) is 0 Å². The van der Waals surface area contributed by atoms with Crippen LogP contribution in [0.2, 0.25) is 0 Å². The molecular weight excluding hydrogens is 186 g/mol. The molecule has 0 bridgehead atoms. The summed E-state index contributed by atoms with van der Waals surface area (Å²) in [6, 6.07) is -1.28. The van der Waals surface area contributed by atoms with Gasteiger partial charge < -0.3 is 16.2 Å². The lowest BCUT2D eigenvalue weighted by atomic mass is 10.2. The molecule has 13 heavy (non-hydrogen) atoms. The number of carboxylic acid groups (broad SMARTS) is 1. The van der Waals surface area contributed by atoms with Gasteiger partial charge in [-0.05, 0) is 0 Å². The maximum atomic E-state index is 11.5. The van der Waals surface area contributed by atoms with Crippen LogP contribution in [0.4, 0.5) is 8.78 Å². The van der Waals surface area contributed by atoms with Gasteiger partial charge >= 0.3 is 5.97 Å². The number of rotatable bonds is 5. The molecule has 4 N–H and O–H groups in total. The van der Waals surface area contributed by atoms with Crippen molar-refractivity contribution in [3.8, 4) is 0 Å². The minimum Gasteiger partial charge on any atom is -0.481 e. The third-order valence-corrected chi connectivity index (χ3v) is 1.16. The van der Waals surface area contributed by atoms with Crippen LogP contribution >= 0.6 is 0 Å². The number of nitrogens with one attached hydrogen (secondary N) is 1. The highest BCUT2D eigenvalue weighted by Gasteiger charge is 2.17. The molecule has 1 amide bonds. The highest BCUT2D eigenvalue weighted by molar-refractivity contribution is 5.85. The molecule has 0 aliphatic heterocycles. The first-order valence-electron chi connectivity index (χ1n) is 3.46. The molecule has 7 heteroatoms. The van der Waals surface area contributed by atoms with Crippen LogP contribution in [-0.2, 0) is 9.59 Å². The molecular formula is C6H10F2N2O3. The fourth-order valence-electron chi connectivity index (χ4n) is 0.590. The van der Waals surface area contributed by atoms with E-state index in [1.807, 2.05) is 5.32 Å². The zero-order valence-electron chi connectivity index (χ0n) is 6.67. The van der Waals surface area contributed by atoms with Gasteiger partial charge in [-0.3, -0.25) is 9.59 Å². The highest BCUT2D eigenvalue weighted by atomic mass is 19.3. The first-order chi connectivity index (χ1) is 5.93. The van der Waals surface area contributed by atoms with E-state index in [4.69, 9.17) is 10.8 Å². The maximum Gasteiger partial charge on any atom is 0.305 e. The average molecular weight is 196 g/mol. The Morgan fingerprint density at radius 3 is 2.38 bits per heavy atom. The first-order valence-corrected chi connectivity index (χ1v) is 3.46. The smallest absolute Gasteiger partial charge is 0.305 e. The molecule has 0 aliphatic carbocycles. The van der Waals surface area contributed by atoms with E-state index in [9.17, 15) is 18.4 Å². The molecule has 0 aromatic rings. The van der Waals surface area contributed by atoms with Crippen molar-refractivity contribution >= 4 is 11.9 Å². The number of halogens is 2. The van der Waals surface area contributed by atoms with E-state index in [0.717, 1.165) is 0 Å². The van der Waals surface area contributed by atoms with E-state index in [2.05, 4.69) is 0 Å². The Hall–Kier alpha value is -1.24. The third-order valence-electron chi connectivity index (χ3n) is 1.16. The zero-order valence-corrected chi connectivity index (χ0v) is 6.67. The summed E-state index contributed by atoms with van der Waals surface area (Å²) in [6.07, 6.45) is -3.24. The molecule has 0 aliphatic rings. The molecule has 76 valence electrons. The van der Waals surface area contributed by atoms with Crippen molar-refractivity contribution in [2.75, 3.05) is 6.54 Å². The SMILES string of the molecule is NC(CC(=O)O)C(=O)NCC(F)F. The van der Waals surface area contributed by atoms with E-state index in [0.29, 0.717) is 0 Å². The number of aliphatic carboxylic acids is 1. The monoisotopic (exact) mass is 196 g/mol. The minimum atomic E-state index is -2.67. The fraction of sp³-hybridized carbons (Fsp3) is 0.667. The van der Waals surface area contributed by atoms with E-state index in [1.165, 1.54) is 0 Å². The number of carbonyl (C=O) groups excluding carboxylic acids is 1. The zero-order chi connectivity index (χ0) is 10.4. The highest BCUT2D eigenvalue weighted by Crippen LogP contribution is 1.91. The predicted molar refractivity (Wildman–Crippen MR) is 39.2 cm³/mol. The summed E-state index contributed by atoms with van der Waals surface area (Å²) in [4.78, 5) is 20.8. The Kier molecular flexibility index (Phi) is 4.90. The molecule has 1 atom stereocenters. The lowest BCUT2D eigenvalue weighted by Crippen LogP contribution is -2.43. The van der Waals surface area contributed by atoms with Crippen molar-refractivity contribution in [3.63, 3.8) is 0 Å². The number of carboxylic acids is 1. The number of amides is 1. The minimum absolute atomic E-state index is 0.574. The summed E-state index contributed by atoms with van der Waals surface area (Å²) >= 11 is 0. The fourth-order valence-corrected chi connectivity index (χ4v) is 0.590. The van der Waals surface area contributed by atoms with E-state index < -0.39 is 37.3 Å². The summed E-state index contributed by atoms with van der Waals surface area (Å²) in [7, 11) is 0. The van der Waals surface area contributed by atoms with Crippen LogP contribution in [0, 0.1) is 0 Å². The normalized spacial score (nSPS) is 12.6. The van der Waals surface area contributed by atoms with Gasteiger partial charge in [-0.15, -0.1) is 0 Å². The van der Waals surface area contributed by atoms with Gasteiger partial charge in [0, 0.05) is 0 Å². The Morgan fingerprint density at radius 2 is 2.00 bits per heavy atom. The van der Waals surface area contributed by atoms with E-state index >= 15 is 0 Å². The van der Waals surface area contributed by atoms with Gasteiger partial charge in [0.25, 0.3) is 6.43 Å². The Balaban J connectivity index is 3.76. The lowest BCUT2D eigenvalue weighted by molar-refractivity contribution is -0.139. The quantitative estimate of drug-likeness (QED) is 0.535. The van der Waals surface area contributed by atoms with Gasteiger partial charge in [0.15, 0.2) is 0 Å². The van der Waals surface area contributed by atoms with Crippen LogP contribution in [-0.4, -0.2) is 36.0 Å². The molecule has 0 rings (SSSR count). The summed E-state index contributed by atoms with van der Waals surface area (Å²) in [5.41, 5.74) is 5.07. The molecule has 0 heterocycles. The van der Waals surface area contributed by atoms with Crippen LogP contribution in [0.5, 0.6) is 0 Å². The molecule has 1 unspecified atom stereocenters. The van der Waals surface area contributed by atoms with Gasteiger partial charge in [-0.1, -0.05) is 0 Å². The maximum absolute atomic E-state index is 11.5. The second kappa shape index (κ2) is 5.41. The molecule has 0 radical (unpaired) electrons. The summed E-state index contributed by atoms with van der Waals surface area (Å²) < 4.78 is 23.1. The molecule has 0 aromatic heterocycles. The number of hydrogen-bond donors (Lipinski definition) is 3. The predicted octanol–water partition coefficient (Wildman–Crippen LogP) is -0.830. The second-order valence-electron chi connectivity index (χ2n) is 2.34. The van der Waals surface area contributed by atoms with Gasteiger partial charge in [-0.2, -0.15) is 0 Å². The van der Waals surface area contributed by atoms with Crippen LogP contribution in [0.15, 0.2) is 0 Å². The van der Waals surface area contributed by atoms with Crippen molar-refractivity contribution in [2.45, 2.75) is 18.9 Å². The summed E-state index contributed by atoms with van der Waals surface area (Å²) in [6.45, 7) is -0.813. The van der Waals surface area contributed by atoms with Crippen molar-refractivity contribution in [1.29, 1.82) is 0 Å².